The van der Waals surface area contributed by atoms with Crippen molar-refractivity contribution in [2.24, 2.45) is 0 Å². The molecular weight excluding hydrogens is 441 g/mol. The van der Waals surface area contributed by atoms with Gasteiger partial charge >= 0.3 is 0 Å². The third-order valence-corrected chi connectivity index (χ3v) is 6.43. The fourth-order valence-corrected chi connectivity index (χ4v) is 4.42. The maximum Gasteiger partial charge on any atom is 0.251 e. The molecule has 1 aromatic heterocycles. The minimum Gasteiger partial charge on any atom is -0.348 e. The smallest absolute Gasteiger partial charge is 0.251 e. The van der Waals surface area contributed by atoms with Gasteiger partial charge in [-0.2, -0.15) is 0 Å². The SMILES string of the molecule is O=C(NCc1cccc(S(=O)(=O)NCc2cccc(F)c2)c1)c1cccc(-n2cccc2)c1. The number of aromatic nitrogens is 1. The largest absolute Gasteiger partial charge is 0.348 e. The predicted molar refractivity (Wildman–Crippen MR) is 124 cm³/mol. The van der Waals surface area contributed by atoms with Gasteiger partial charge in [0.1, 0.15) is 5.82 Å². The molecule has 0 aliphatic carbocycles. The van der Waals surface area contributed by atoms with Gasteiger partial charge in [-0.05, 0) is 65.7 Å². The molecule has 0 spiro atoms. The second-order valence-electron chi connectivity index (χ2n) is 7.43. The van der Waals surface area contributed by atoms with E-state index < -0.39 is 15.8 Å². The molecule has 0 radical (unpaired) electrons. The summed E-state index contributed by atoms with van der Waals surface area (Å²) in [6.45, 7) is 0.138. The zero-order valence-electron chi connectivity index (χ0n) is 17.6. The Morgan fingerprint density at radius 1 is 0.818 bits per heavy atom. The van der Waals surface area contributed by atoms with E-state index in [1.54, 1.807) is 30.3 Å². The molecule has 0 saturated heterocycles. The van der Waals surface area contributed by atoms with Crippen molar-refractivity contribution in [3.8, 4) is 5.69 Å². The summed E-state index contributed by atoms with van der Waals surface area (Å²) in [5, 5.41) is 2.83. The molecule has 1 amide bonds. The average molecular weight is 464 g/mol. The summed E-state index contributed by atoms with van der Waals surface area (Å²) < 4.78 is 43.0. The zero-order chi connectivity index (χ0) is 23.3. The third kappa shape index (κ3) is 5.74. The molecule has 33 heavy (non-hydrogen) atoms. The van der Waals surface area contributed by atoms with E-state index in [1.807, 2.05) is 41.2 Å². The molecule has 2 N–H and O–H groups in total. The van der Waals surface area contributed by atoms with E-state index >= 15 is 0 Å². The number of sulfonamides is 1. The van der Waals surface area contributed by atoms with Crippen LogP contribution in [0, 0.1) is 5.82 Å². The van der Waals surface area contributed by atoms with Crippen LogP contribution in [0.1, 0.15) is 21.5 Å². The summed E-state index contributed by atoms with van der Waals surface area (Å²) in [6, 6.07) is 23.1. The lowest BCUT2D eigenvalue weighted by Gasteiger charge is -2.10. The fraction of sp³-hybridized carbons (Fsp3) is 0.0800. The van der Waals surface area contributed by atoms with Crippen LogP contribution in [0.4, 0.5) is 4.39 Å². The van der Waals surface area contributed by atoms with Crippen LogP contribution in [0.3, 0.4) is 0 Å². The molecule has 0 aliphatic rings. The Morgan fingerprint density at radius 2 is 1.52 bits per heavy atom. The highest BCUT2D eigenvalue weighted by Crippen LogP contribution is 2.14. The molecule has 168 valence electrons. The Labute approximate surface area is 191 Å². The first-order valence-electron chi connectivity index (χ1n) is 10.3. The Hall–Kier alpha value is -3.75. The van der Waals surface area contributed by atoms with Gasteiger partial charge in [-0.1, -0.05) is 30.3 Å². The minimum atomic E-state index is -3.80. The average Bonchev–Trinajstić information content (AvgIpc) is 3.37. The van der Waals surface area contributed by atoms with E-state index in [9.17, 15) is 17.6 Å². The van der Waals surface area contributed by atoms with Gasteiger partial charge in [-0.25, -0.2) is 17.5 Å². The Morgan fingerprint density at radius 3 is 2.27 bits per heavy atom. The van der Waals surface area contributed by atoms with Crippen LogP contribution in [0.25, 0.3) is 5.69 Å². The summed E-state index contributed by atoms with van der Waals surface area (Å²) in [5.74, 6) is -0.690. The lowest BCUT2D eigenvalue weighted by atomic mass is 10.1. The highest BCUT2D eigenvalue weighted by molar-refractivity contribution is 7.89. The van der Waals surface area contributed by atoms with Crippen molar-refractivity contribution in [3.63, 3.8) is 0 Å². The number of nitrogens with one attached hydrogen (secondary N) is 2. The first-order chi connectivity index (χ1) is 15.9. The van der Waals surface area contributed by atoms with Gasteiger partial charge in [0.25, 0.3) is 5.91 Å². The molecule has 0 aliphatic heterocycles. The number of hydrogen-bond acceptors (Lipinski definition) is 3. The summed E-state index contributed by atoms with van der Waals surface area (Å²) in [4.78, 5) is 12.7. The van der Waals surface area contributed by atoms with E-state index in [0.29, 0.717) is 16.7 Å². The normalized spacial score (nSPS) is 11.3. The third-order valence-electron chi connectivity index (χ3n) is 5.03. The molecule has 6 nitrogen and oxygen atoms in total. The van der Waals surface area contributed by atoms with Gasteiger partial charge in [0.05, 0.1) is 4.90 Å². The standard InChI is InChI=1S/C25H22FN3O3S/c26-22-9-3-6-19(14-22)18-28-33(31,32)24-11-4-7-20(15-24)17-27-25(30)21-8-5-10-23(16-21)29-12-1-2-13-29/h1-16,28H,17-18H2,(H,27,30). The maximum atomic E-state index is 13.3. The second-order valence-corrected chi connectivity index (χ2v) is 9.19. The summed E-state index contributed by atoms with van der Waals surface area (Å²) >= 11 is 0. The van der Waals surface area contributed by atoms with Crippen molar-refractivity contribution < 1.29 is 17.6 Å². The van der Waals surface area contributed by atoms with Gasteiger partial charge in [-0.3, -0.25) is 4.79 Å². The van der Waals surface area contributed by atoms with Crippen molar-refractivity contribution in [1.82, 2.24) is 14.6 Å². The molecule has 8 heteroatoms. The highest BCUT2D eigenvalue weighted by Gasteiger charge is 2.15. The molecule has 1 heterocycles. The van der Waals surface area contributed by atoms with E-state index in [-0.39, 0.29) is 23.9 Å². The summed E-state index contributed by atoms with van der Waals surface area (Å²) in [6.07, 6.45) is 3.79. The van der Waals surface area contributed by atoms with Crippen LogP contribution in [0.5, 0.6) is 0 Å². The molecular formula is C25H22FN3O3S. The summed E-state index contributed by atoms with van der Waals surface area (Å²) in [7, 11) is -3.80. The van der Waals surface area contributed by atoms with Crippen molar-refractivity contribution in [2.75, 3.05) is 0 Å². The number of amides is 1. The molecule has 4 aromatic rings. The fourth-order valence-electron chi connectivity index (χ4n) is 3.33. The van der Waals surface area contributed by atoms with E-state index in [0.717, 1.165) is 5.69 Å². The Balaban J connectivity index is 1.41. The van der Waals surface area contributed by atoms with Crippen molar-refractivity contribution in [3.05, 3.63) is 120 Å². The number of carbonyl (C=O) groups is 1. The molecule has 0 unspecified atom stereocenters. The Bertz CT molecular complexity index is 1370. The monoisotopic (exact) mass is 463 g/mol. The molecule has 4 rings (SSSR count). The van der Waals surface area contributed by atoms with Gasteiger partial charge in [0, 0.05) is 36.7 Å². The maximum absolute atomic E-state index is 13.3. The molecule has 0 saturated carbocycles. The van der Waals surface area contributed by atoms with Crippen LogP contribution >= 0.6 is 0 Å². The van der Waals surface area contributed by atoms with E-state index in [2.05, 4.69) is 10.0 Å². The lowest BCUT2D eigenvalue weighted by Crippen LogP contribution is -2.25. The topological polar surface area (TPSA) is 80.2 Å². The van der Waals surface area contributed by atoms with Crippen LogP contribution < -0.4 is 10.0 Å². The number of rotatable bonds is 8. The van der Waals surface area contributed by atoms with Crippen LogP contribution in [0.15, 0.2) is 102 Å². The number of carbonyl (C=O) groups excluding carboxylic acids is 1. The predicted octanol–water partition coefficient (Wildman–Crippen LogP) is 4.02. The quantitative estimate of drug-likeness (QED) is 0.414. The summed E-state index contributed by atoms with van der Waals surface area (Å²) in [5.41, 5.74) is 2.52. The van der Waals surface area contributed by atoms with Crippen molar-refractivity contribution in [2.45, 2.75) is 18.0 Å². The highest BCUT2D eigenvalue weighted by atomic mass is 32.2. The Kier molecular flexibility index (Phi) is 6.67. The first-order valence-corrected chi connectivity index (χ1v) is 11.7. The molecule has 3 aromatic carbocycles. The number of halogens is 1. The van der Waals surface area contributed by atoms with Gasteiger partial charge in [0.2, 0.25) is 10.0 Å². The number of nitrogens with zero attached hydrogens (tertiary/aromatic N) is 1. The molecule has 0 atom stereocenters. The zero-order valence-corrected chi connectivity index (χ0v) is 18.4. The van der Waals surface area contributed by atoms with E-state index in [1.165, 1.54) is 30.3 Å². The van der Waals surface area contributed by atoms with Gasteiger partial charge < -0.3 is 9.88 Å². The van der Waals surface area contributed by atoms with E-state index in [4.69, 9.17) is 0 Å². The number of benzene rings is 3. The van der Waals surface area contributed by atoms with Crippen LogP contribution in [0.2, 0.25) is 0 Å². The van der Waals surface area contributed by atoms with Crippen molar-refractivity contribution >= 4 is 15.9 Å². The van der Waals surface area contributed by atoms with Crippen LogP contribution in [-0.4, -0.2) is 18.9 Å². The molecule has 0 fully saturated rings. The first kappa shape index (κ1) is 22.4. The van der Waals surface area contributed by atoms with Gasteiger partial charge in [0.15, 0.2) is 0 Å². The molecule has 0 bridgehead atoms. The van der Waals surface area contributed by atoms with Gasteiger partial charge in [-0.15, -0.1) is 0 Å². The van der Waals surface area contributed by atoms with Crippen LogP contribution in [-0.2, 0) is 23.1 Å². The lowest BCUT2D eigenvalue weighted by molar-refractivity contribution is 0.0951. The minimum absolute atomic E-state index is 0.0290. The second kappa shape index (κ2) is 9.81. The van der Waals surface area contributed by atoms with Crippen molar-refractivity contribution in [1.29, 1.82) is 0 Å². The number of hydrogen-bond donors (Lipinski definition) is 2.